The minimum Gasteiger partial charge on any atom is -0.489 e. The fourth-order valence-electron chi connectivity index (χ4n) is 5.37. The van der Waals surface area contributed by atoms with Gasteiger partial charge in [0.05, 0.1) is 12.6 Å². The van der Waals surface area contributed by atoms with E-state index < -0.39 is 11.9 Å². The fourth-order valence-corrected chi connectivity index (χ4v) is 5.37. The van der Waals surface area contributed by atoms with Gasteiger partial charge in [-0.25, -0.2) is 4.98 Å². The van der Waals surface area contributed by atoms with E-state index in [9.17, 15) is 14.4 Å². The van der Waals surface area contributed by atoms with Gasteiger partial charge in [0.15, 0.2) is 0 Å². The lowest BCUT2D eigenvalue weighted by Crippen LogP contribution is -2.52. The number of rotatable bonds is 6. The summed E-state index contributed by atoms with van der Waals surface area (Å²) in [5, 5.41) is 3.31. The molecular weight excluding hydrogens is 474 g/mol. The highest BCUT2D eigenvalue weighted by Gasteiger charge is 2.39. The SMILES string of the molecule is COc1ncc2cc(CN3CC[C@H](Oc4ccc5c(c4)CN(C4CCC(=O)NC4=O)C5=O)C3)ccc2n1. The minimum absolute atomic E-state index is 0.0504. The molecule has 37 heavy (non-hydrogen) atoms. The average molecular weight is 502 g/mol. The zero-order valence-corrected chi connectivity index (χ0v) is 20.5. The zero-order valence-electron chi connectivity index (χ0n) is 20.5. The number of nitrogens with zero attached hydrogens (tertiary/aromatic N) is 4. The van der Waals surface area contributed by atoms with Crippen LogP contribution in [0.4, 0.5) is 0 Å². The molecule has 10 heteroatoms. The first-order valence-corrected chi connectivity index (χ1v) is 12.4. The zero-order chi connectivity index (χ0) is 25.5. The summed E-state index contributed by atoms with van der Waals surface area (Å²) in [4.78, 5) is 49.1. The molecule has 0 radical (unpaired) electrons. The van der Waals surface area contributed by atoms with E-state index in [1.54, 1.807) is 24.3 Å². The van der Waals surface area contributed by atoms with Crippen LogP contribution in [-0.4, -0.2) is 69.8 Å². The van der Waals surface area contributed by atoms with Crippen molar-refractivity contribution in [2.24, 2.45) is 0 Å². The van der Waals surface area contributed by atoms with Crippen LogP contribution in [-0.2, 0) is 22.7 Å². The molecule has 3 aliphatic rings. The molecule has 0 saturated carbocycles. The molecule has 1 aromatic heterocycles. The van der Waals surface area contributed by atoms with Crippen molar-refractivity contribution in [2.75, 3.05) is 20.2 Å². The van der Waals surface area contributed by atoms with E-state index in [0.717, 1.165) is 48.3 Å². The Bertz CT molecular complexity index is 1410. The molecule has 0 bridgehead atoms. The minimum atomic E-state index is -0.617. The first kappa shape index (κ1) is 23.4. The number of benzene rings is 2. The second-order valence-electron chi connectivity index (χ2n) is 9.73. The van der Waals surface area contributed by atoms with Gasteiger partial charge in [-0.1, -0.05) is 6.07 Å². The number of nitrogens with one attached hydrogen (secondary N) is 1. The maximum Gasteiger partial charge on any atom is 0.316 e. The molecule has 1 N–H and O–H groups in total. The predicted molar refractivity (Wildman–Crippen MR) is 133 cm³/mol. The van der Waals surface area contributed by atoms with Gasteiger partial charge in [0.25, 0.3) is 5.91 Å². The number of fused-ring (bicyclic) bond motifs is 2. The lowest BCUT2D eigenvalue weighted by molar-refractivity contribution is -0.136. The number of hydrogen-bond acceptors (Lipinski definition) is 8. The number of carbonyl (C=O) groups is 3. The van der Waals surface area contributed by atoms with Crippen LogP contribution >= 0.6 is 0 Å². The average Bonchev–Trinajstić information content (AvgIpc) is 3.47. The molecule has 4 heterocycles. The Kier molecular flexibility index (Phi) is 5.96. The highest BCUT2D eigenvalue weighted by molar-refractivity contribution is 6.05. The molecule has 2 atom stereocenters. The summed E-state index contributed by atoms with van der Waals surface area (Å²) in [6.45, 7) is 2.87. The summed E-state index contributed by atoms with van der Waals surface area (Å²) in [5.74, 6) is -0.150. The Morgan fingerprint density at radius 3 is 2.84 bits per heavy atom. The van der Waals surface area contributed by atoms with Crippen LogP contribution in [0.1, 0.15) is 40.7 Å². The van der Waals surface area contributed by atoms with Crippen LogP contribution in [0.2, 0.25) is 0 Å². The van der Waals surface area contributed by atoms with Gasteiger partial charge in [-0.3, -0.25) is 24.6 Å². The molecule has 6 rings (SSSR count). The number of imide groups is 1. The molecule has 10 nitrogen and oxygen atoms in total. The number of amides is 3. The summed E-state index contributed by atoms with van der Waals surface area (Å²) >= 11 is 0. The van der Waals surface area contributed by atoms with Gasteiger partial charge in [-0.2, -0.15) is 4.98 Å². The van der Waals surface area contributed by atoms with Crippen LogP contribution < -0.4 is 14.8 Å². The number of carbonyl (C=O) groups excluding carboxylic acids is 3. The van der Waals surface area contributed by atoms with Crippen LogP contribution in [0.15, 0.2) is 42.6 Å². The van der Waals surface area contributed by atoms with Crippen molar-refractivity contribution in [1.29, 1.82) is 0 Å². The van der Waals surface area contributed by atoms with E-state index in [0.29, 0.717) is 24.5 Å². The standard InChI is InChI=1S/C27H27N5O5/c1-36-27-28-12-17-10-16(2-5-22(17)29-27)13-31-9-8-20(15-31)37-19-3-4-21-18(11-19)14-32(26(21)35)23-6-7-24(33)30-25(23)34/h2-5,10-12,20,23H,6-9,13-15H2,1H3,(H,30,33,34)/t20-,23?/m0/s1. The van der Waals surface area contributed by atoms with Crippen molar-refractivity contribution in [3.05, 3.63) is 59.3 Å². The van der Waals surface area contributed by atoms with Crippen molar-refractivity contribution in [2.45, 2.75) is 44.5 Å². The Balaban J connectivity index is 1.07. The lowest BCUT2D eigenvalue weighted by atomic mass is 10.0. The Labute approximate surface area is 213 Å². The molecule has 2 saturated heterocycles. The molecule has 190 valence electrons. The number of piperidine rings is 1. The van der Waals surface area contributed by atoms with Crippen molar-refractivity contribution in [3.8, 4) is 11.8 Å². The first-order chi connectivity index (χ1) is 18.0. The molecule has 2 aromatic carbocycles. The van der Waals surface area contributed by atoms with E-state index in [4.69, 9.17) is 9.47 Å². The number of aromatic nitrogens is 2. The molecule has 3 aromatic rings. The van der Waals surface area contributed by atoms with Gasteiger partial charge >= 0.3 is 6.01 Å². The summed E-state index contributed by atoms with van der Waals surface area (Å²) in [6.07, 6.45) is 3.33. The van der Waals surface area contributed by atoms with Crippen LogP contribution in [0.25, 0.3) is 10.9 Å². The summed E-state index contributed by atoms with van der Waals surface area (Å²) in [5.41, 5.74) is 3.47. The number of hydrogen-bond donors (Lipinski definition) is 1. The van der Waals surface area contributed by atoms with Gasteiger partial charge in [-0.05, 0) is 54.3 Å². The second kappa shape index (κ2) is 9.44. The largest absolute Gasteiger partial charge is 0.489 e. The Morgan fingerprint density at radius 1 is 1.11 bits per heavy atom. The third-order valence-electron chi connectivity index (χ3n) is 7.24. The predicted octanol–water partition coefficient (Wildman–Crippen LogP) is 2.05. The van der Waals surface area contributed by atoms with Gasteiger partial charge in [-0.15, -0.1) is 0 Å². The highest BCUT2D eigenvalue weighted by Crippen LogP contribution is 2.31. The fraction of sp³-hybridized carbons (Fsp3) is 0.370. The van der Waals surface area contributed by atoms with Crippen molar-refractivity contribution in [3.63, 3.8) is 0 Å². The van der Waals surface area contributed by atoms with Gasteiger partial charge < -0.3 is 14.4 Å². The topological polar surface area (TPSA) is 114 Å². The molecule has 3 aliphatic heterocycles. The van der Waals surface area contributed by atoms with E-state index in [2.05, 4.69) is 32.3 Å². The first-order valence-electron chi connectivity index (χ1n) is 12.4. The lowest BCUT2D eigenvalue weighted by Gasteiger charge is -2.29. The van der Waals surface area contributed by atoms with Crippen LogP contribution in [0.5, 0.6) is 11.8 Å². The maximum atomic E-state index is 12.9. The molecule has 2 fully saturated rings. The second-order valence-corrected chi connectivity index (χ2v) is 9.73. The van der Waals surface area contributed by atoms with Gasteiger partial charge in [0.1, 0.15) is 17.9 Å². The number of likely N-dealkylation sites (tertiary alicyclic amines) is 1. The van der Waals surface area contributed by atoms with Crippen molar-refractivity contribution >= 4 is 28.6 Å². The third kappa shape index (κ3) is 4.60. The molecule has 1 unspecified atom stereocenters. The smallest absolute Gasteiger partial charge is 0.316 e. The van der Waals surface area contributed by atoms with E-state index >= 15 is 0 Å². The molecular formula is C27H27N5O5. The quantitative estimate of drug-likeness (QED) is 0.511. The molecule has 0 spiro atoms. The number of methoxy groups -OCH3 is 1. The monoisotopic (exact) mass is 501 g/mol. The van der Waals surface area contributed by atoms with E-state index in [1.165, 1.54) is 5.56 Å². The van der Waals surface area contributed by atoms with E-state index in [1.807, 2.05) is 18.2 Å². The van der Waals surface area contributed by atoms with E-state index in [-0.39, 0.29) is 24.3 Å². The maximum absolute atomic E-state index is 12.9. The van der Waals surface area contributed by atoms with Gasteiger partial charge in [0.2, 0.25) is 11.8 Å². The van der Waals surface area contributed by atoms with Crippen molar-refractivity contribution in [1.82, 2.24) is 25.1 Å². The third-order valence-corrected chi connectivity index (χ3v) is 7.24. The Hall–Kier alpha value is -4.05. The highest BCUT2D eigenvalue weighted by atomic mass is 16.5. The van der Waals surface area contributed by atoms with Crippen LogP contribution in [0, 0.1) is 0 Å². The molecule has 0 aliphatic carbocycles. The van der Waals surface area contributed by atoms with Crippen molar-refractivity contribution < 1.29 is 23.9 Å². The Morgan fingerprint density at radius 2 is 2.00 bits per heavy atom. The summed E-state index contributed by atoms with van der Waals surface area (Å²) in [6, 6.07) is 11.4. The van der Waals surface area contributed by atoms with Gasteiger partial charge in [0, 0.05) is 49.7 Å². The normalized spacial score (nSPS) is 21.9. The summed E-state index contributed by atoms with van der Waals surface area (Å²) in [7, 11) is 1.56. The number of ether oxygens (including phenoxy) is 2. The molecule has 3 amide bonds. The van der Waals surface area contributed by atoms with Crippen LogP contribution in [0.3, 0.4) is 0 Å². The summed E-state index contributed by atoms with van der Waals surface area (Å²) < 4.78 is 11.4.